The van der Waals surface area contributed by atoms with Crippen LogP contribution < -0.4 is 4.74 Å². The summed E-state index contributed by atoms with van der Waals surface area (Å²) in [5, 5.41) is 9.26. The Balaban J connectivity index is 1.83. The number of hydrogen-bond acceptors (Lipinski definition) is 3. The highest BCUT2D eigenvalue weighted by molar-refractivity contribution is 5.83. The number of benzene rings is 2. The number of aliphatic carboxylic acids is 1. The molecule has 2 aromatic carbocycles. The smallest absolute Gasteiger partial charge is 0.308 e. The number of para-hydroxylation sites is 1. The Morgan fingerprint density at radius 2 is 1.68 bits per heavy atom. The molecule has 2 aromatic rings. The summed E-state index contributed by atoms with van der Waals surface area (Å²) in [6.45, 7) is 0.791. The van der Waals surface area contributed by atoms with Gasteiger partial charge in [0.25, 0.3) is 5.91 Å². The molecule has 1 N–H and O–H groups in total. The molecule has 0 spiro atoms. The highest BCUT2D eigenvalue weighted by Crippen LogP contribution is 2.26. The molecule has 0 aromatic heterocycles. The van der Waals surface area contributed by atoms with Gasteiger partial charge in [0.1, 0.15) is 5.75 Å². The molecule has 0 saturated carbocycles. The maximum Gasteiger partial charge on any atom is 0.308 e. The lowest BCUT2D eigenvalue weighted by atomic mass is 9.97. The zero-order valence-electron chi connectivity index (χ0n) is 13.9. The van der Waals surface area contributed by atoms with E-state index in [1.165, 1.54) is 0 Å². The second kappa shape index (κ2) is 7.83. The number of carboxylic acid groups (broad SMARTS) is 1. The molecule has 1 heterocycles. The molecule has 1 amide bonds. The molecular weight excluding hydrogens is 318 g/mol. The van der Waals surface area contributed by atoms with Crippen LogP contribution in [-0.2, 0) is 9.59 Å². The first-order valence-corrected chi connectivity index (χ1v) is 8.43. The number of likely N-dealkylation sites (tertiary alicyclic amines) is 1. The van der Waals surface area contributed by atoms with E-state index >= 15 is 0 Å². The van der Waals surface area contributed by atoms with Gasteiger partial charge < -0.3 is 14.7 Å². The summed E-state index contributed by atoms with van der Waals surface area (Å²) in [5.41, 5.74) is 0.758. The van der Waals surface area contributed by atoms with Gasteiger partial charge in [-0.15, -0.1) is 0 Å². The maximum absolute atomic E-state index is 13.1. The van der Waals surface area contributed by atoms with E-state index in [2.05, 4.69) is 0 Å². The summed E-state index contributed by atoms with van der Waals surface area (Å²) in [6.07, 6.45) is 0.514. The van der Waals surface area contributed by atoms with Crippen molar-refractivity contribution in [2.24, 2.45) is 5.92 Å². The molecule has 3 rings (SSSR count). The van der Waals surface area contributed by atoms with Gasteiger partial charge in [-0.1, -0.05) is 48.5 Å². The van der Waals surface area contributed by atoms with Crippen LogP contribution >= 0.6 is 0 Å². The highest BCUT2D eigenvalue weighted by atomic mass is 16.5. The molecule has 2 unspecified atom stereocenters. The van der Waals surface area contributed by atoms with Gasteiger partial charge in [-0.3, -0.25) is 9.59 Å². The van der Waals surface area contributed by atoms with Crippen molar-refractivity contribution in [1.82, 2.24) is 4.90 Å². The van der Waals surface area contributed by atoms with E-state index in [0.717, 1.165) is 5.56 Å². The molecule has 25 heavy (non-hydrogen) atoms. The average molecular weight is 339 g/mol. The minimum Gasteiger partial charge on any atom is -0.481 e. The SMILES string of the molecule is O=C(O)C1CCCN(C(=O)C(Oc2ccccc2)c2ccccc2)C1. The van der Waals surface area contributed by atoms with E-state index in [0.29, 0.717) is 25.1 Å². The molecule has 0 aliphatic carbocycles. The van der Waals surface area contributed by atoms with Crippen LogP contribution in [0.25, 0.3) is 0 Å². The number of carbonyl (C=O) groups is 2. The number of hydrogen-bond donors (Lipinski definition) is 1. The van der Waals surface area contributed by atoms with Crippen molar-refractivity contribution >= 4 is 11.9 Å². The molecule has 5 nitrogen and oxygen atoms in total. The van der Waals surface area contributed by atoms with Crippen molar-refractivity contribution in [3.63, 3.8) is 0 Å². The van der Waals surface area contributed by atoms with Crippen molar-refractivity contribution in [3.05, 3.63) is 66.2 Å². The quantitative estimate of drug-likeness (QED) is 0.909. The second-order valence-corrected chi connectivity index (χ2v) is 6.18. The fraction of sp³-hybridized carbons (Fsp3) is 0.300. The number of ether oxygens (including phenoxy) is 1. The molecule has 2 atom stereocenters. The van der Waals surface area contributed by atoms with Crippen molar-refractivity contribution in [1.29, 1.82) is 0 Å². The number of amides is 1. The van der Waals surface area contributed by atoms with E-state index in [9.17, 15) is 14.7 Å². The molecule has 0 radical (unpaired) electrons. The van der Waals surface area contributed by atoms with Crippen LogP contribution in [0.2, 0.25) is 0 Å². The minimum absolute atomic E-state index is 0.194. The lowest BCUT2D eigenvalue weighted by Crippen LogP contribution is -2.45. The average Bonchev–Trinajstić information content (AvgIpc) is 2.67. The Bertz CT molecular complexity index is 717. The molecule has 130 valence electrons. The van der Waals surface area contributed by atoms with Gasteiger partial charge in [0, 0.05) is 18.7 Å². The molecule has 0 bridgehead atoms. The maximum atomic E-state index is 13.1. The van der Waals surface area contributed by atoms with Crippen molar-refractivity contribution in [3.8, 4) is 5.75 Å². The first-order chi connectivity index (χ1) is 12.1. The first kappa shape index (κ1) is 17.0. The minimum atomic E-state index is -0.849. The molecule has 1 aliphatic heterocycles. The van der Waals surface area contributed by atoms with Gasteiger partial charge in [-0.05, 0) is 25.0 Å². The largest absolute Gasteiger partial charge is 0.481 e. The second-order valence-electron chi connectivity index (χ2n) is 6.18. The van der Waals surface area contributed by atoms with E-state index in [-0.39, 0.29) is 12.5 Å². The zero-order valence-corrected chi connectivity index (χ0v) is 13.9. The van der Waals surface area contributed by atoms with E-state index in [4.69, 9.17) is 4.74 Å². The van der Waals surface area contributed by atoms with Crippen LogP contribution in [0.1, 0.15) is 24.5 Å². The molecule has 1 fully saturated rings. The Morgan fingerprint density at radius 3 is 2.32 bits per heavy atom. The van der Waals surface area contributed by atoms with Gasteiger partial charge in [0.05, 0.1) is 5.92 Å². The summed E-state index contributed by atoms with van der Waals surface area (Å²) < 4.78 is 5.97. The van der Waals surface area contributed by atoms with E-state index < -0.39 is 18.0 Å². The summed E-state index contributed by atoms with van der Waals surface area (Å²) in [5.74, 6) is -0.943. The number of rotatable bonds is 5. The number of carbonyl (C=O) groups excluding carboxylic acids is 1. The van der Waals surface area contributed by atoms with Crippen molar-refractivity contribution < 1.29 is 19.4 Å². The van der Waals surface area contributed by atoms with Crippen molar-refractivity contribution in [2.45, 2.75) is 18.9 Å². The number of piperidine rings is 1. The van der Waals surface area contributed by atoms with E-state index in [1.54, 1.807) is 17.0 Å². The van der Waals surface area contributed by atoms with Crippen LogP contribution in [0, 0.1) is 5.92 Å². The number of carboxylic acids is 1. The highest BCUT2D eigenvalue weighted by Gasteiger charge is 2.33. The Kier molecular flexibility index (Phi) is 5.33. The first-order valence-electron chi connectivity index (χ1n) is 8.43. The lowest BCUT2D eigenvalue weighted by Gasteiger charge is -2.33. The van der Waals surface area contributed by atoms with Crippen LogP contribution in [-0.4, -0.2) is 35.0 Å². The molecule has 1 saturated heterocycles. The van der Waals surface area contributed by atoms with Gasteiger partial charge >= 0.3 is 5.97 Å². The summed E-state index contributed by atoms with van der Waals surface area (Å²) in [6, 6.07) is 18.5. The Morgan fingerprint density at radius 1 is 1.04 bits per heavy atom. The predicted molar refractivity (Wildman–Crippen MR) is 93.2 cm³/mol. The summed E-state index contributed by atoms with van der Waals surface area (Å²) in [4.78, 5) is 26.0. The van der Waals surface area contributed by atoms with Gasteiger partial charge in [0.15, 0.2) is 0 Å². The zero-order chi connectivity index (χ0) is 17.6. The molecular formula is C20H21NO4. The molecule has 5 heteroatoms. The van der Waals surface area contributed by atoms with E-state index in [1.807, 2.05) is 48.5 Å². The van der Waals surface area contributed by atoms with Crippen LogP contribution in [0.15, 0.2) is 60.7 Å². The van der Waals surface area contributed by atoms with Gasteiger partial charge in [-0.2, -0.15) is 0 Å². The summed E-state index contributed by atoms with van der Waals surface area (Å²) >= 11 is 0. The topological polar surface area (TPSA) is 66.8 Å². The lowest BCUT2D eigenvalue weighted by molar-refractivity contribution is -0.148. The van der Waals surface area contributed by atoms with Crippen molar-refractivity contribution in [2.75, 3.05) is 13.1 Å². The summed E-state index contributed by atoms with van der Waals surface area (Å²) in [7, 11) is 0. The number of nitrogens with zero attached hydrogens (tertiary/aromatic N) is 1. The standard InChI is InChI=1S/C20H21NO4/c22-19(21-13-7-10-16(14-21)20(23)24)18(15-8-3-1-4-9-15)25-17-11-5-2-6-12-17/h1-6,8-9,11-12,16,18H,7,10,13-14H2,(H,23,24). The van der Waals surface area contributed by atoms with Crippen LogP contribution in [0.5, 0.6) is 5.75 Å². The van der Waals surface area contributed by atoms with Gasteiger partial charge in [0.2, 0.25) is 6.10 Å². The normalized spacial score (nSPS) is 18.4. The Labute approximate surface area is 146 Å². The molecule has 1 aliphatic rings. The fourth-order valence-corrected chi connectivity index (χ4v) is 3.07. The monoisotopic (exact) mass is 339 g/mol. The van der Waals surface area contributed by atoms with Crippen LogP contribution in [0.3, 0.4) is 0 Å². The third-order valence-electron chi connectivity index (χ3n) is 4.41. The van der Waals surface area contributed by atoms with Gasteiger partial charge in [-0.25, -0.2) is 0 Å². The van der Waals surface area contributed by atoms with Crippen LogP contribution in [0.4, 0.5) is 0 Å². The Hall–Kier alpha value is -2.82. The third kappa shape index (κ3) is 4.18. The fourth-order valence-electron chi connectivity index (χ4n) is 3.07. The third-order valence-corrected chi connectivity index (χ3v) is 4.41. The predicted octanol–water partition coefficient (Wildman–Crippen LogP) is 3.13.